The number of aromatic nitrogens is 2. The van der Waals surface area contributed by atoms with Crippen molar-refractivity contribution in [1.29, 1.82) is 0 Å². The molecule has 0 unspecified atom stereocenters. The first-order valence-electron chi connectivity index (χ1n) is 11.1. The van der Waals surface area contributed by atoms with Crippen molar-refractivity contribution in [3.05, 3.63) is 110 Å². The third kappa shape index (κ3) is 4.17. The molecule has 4 aromatic rings. The highest BCUT2D eigenvalue weighted by molar-refractivity contribution is 6.18. The molecule has 0 saturated heterocycles. The smallest absolute Gasteiger partial charge is 0.213 e. The maximum Gasteiger partial charge on any atom is 0.213 e. The molecule has 0 bridgehead atoms. The van der Waals surface area contributed by atoms with Gasteiger partial charge in [-0.15, -0.1) is 0 Å². The Kier molecular flexibility index (Phi) is 5.86. The van der Waals surface area contributed by atoms with E-state index >= 15 is 0 Å². The van der Waals surface area contributed by atoms with Crippen LogP contribution in [0.1, 0.15) is 65.5 Å². The minimum atomic E-state index is -0.207. The van der Waals surface area contributed by atoms with E-state index in [2.05, 4.69) is 10.2 Å². The zero-order valence-corrected chi connectivity index (χ0v) is 20.0. The van der Waals surface area contributed by atoms with Crippen molar-refractivity contribution >= 4 is 11.6 Å². The molecule has 0 aliphatic heterocycles. The fourth-order valence-electron chi connectivity index (χ4n) is 3.89. The molecule has 1 heterocycles. The number of hydrogen-bond acceptors (Lipinski definition) is 3. The predicted octanol–water partition coefficient (Wildman–Crippen LogP) is 6.39. The summed E-state index contributed by atoms with van der Waals surface area (Å²) in [5, 5.41) is 7.26. The van der Waals surface area contributed by atoms with Crippen molar-refractivity contribution in [2.24, 2.45) is 0 Å². The van der Waals surface area contributed by atoms with E-state index < -0.39 is 0 Å². The lowest BCUT2D eigenvalue weighted by Gasteiger charge is -2.10. The van der Waals surface area contributed by atoms with Crippen LogP contribution in [0.4, 0.5) is 0 Å². The average molecular weight is 437 g/mol. The number of nitrogens with one attached hydrogen (secondary N) is 1. The molecule has 0 saturated carbocycles. The van der Waals surface area contributed by atoms with E-state index in [-0.39, 0.29) is 17.3 Å². The van der Waals surface area contributed by atoms with Crippen LogP contribution in [-0.4, -0.2) is 21.8 Å². The van der Waals surface area contributed by atoms with Crippen molar-refractivity contribution in [2.45, 2.75) is 41.5 Å². The molecule has 0 aliphatic rings. The molecule has 1 aromatic heterocycles. The van der Waals surface area contributed by atoms with Gasteiger partial charge in [0.2, 0.25) is 11.6 Å². The van der Waals surface area contributed by atoms with E-state index in [0.29, 0.717) is 22.4 Å². The quantitative estimate of drug-likeness (QED) is 0.369. The molecule has 33 heavy (non-hydrogen) atoms. The first-order chi connectivity index (χ1) is 15.7. The number of hydrogen-bond donors (Lipinski definition) is 1. The normalized spacial score (nSPS) is 11.0. The van der Waals surface area contributed by atoms with Gasteiger partial charge in [0.25, 0.3) is 0 Å². The molecule has 0 amide bonds. The van der Waals surface area contributed by atoms with Gasteiger partial charge in [-0.25, -0.2) is 0 Å². The van der Waals surface area contributed by atoms with Gasteiger partial charge in [0.1, 0.15) is 11.4 Å². The molecule has 1 N–H and O–H groups in total. The topological polar surface area (TPSA) is 62.8 Å². The second-order valence-corrected chi connectivity index (χ2v) is 8.88. The lowest BCUT2D eigenvalue weighted by molar-refractivity contribution is 0.102. The summed E-state index contributed by atoms with van der Waals surface area (Å²) in [4.78, 5) is 27.1. The minimum absolute atomic E-state index is 0.182. The number of H-pyrrole nitrogens is 1. The summed E-state index contributed by atoms with van der Waals surface area (Å²) in [7, 11) is 0. The fourth-order valence-corrected chi connectivity index (χ4v) is 3.89. The molecule has 166 valence electrons. The Labute approximate surface area is 194 Å². The Balaban J connectivity index is 1.90. The summed E-state index contributed by atoms with van der Waals surface area (Å²) < 4.78 is 0. The van der Waals surface area contributed by atoms with E-state index in [0.717, 1.165) is 38.9 Å². The highest BCUT2D eigenvalue weighted by Gasteiger charge is 2.27. The lowest BCUT2D eigenvalue weighted by Crippen LogP contribution is -2.07. The molecule has 0 atom stereocenters. The van der Waals surface area contributed by atoms with Crippen LogP contribution in [0.15, 0.2) is 54.6 Å². The molecular weight excluding hydrogens is 408 g/mol. The van der Waals surface area contributed by atoms with E-state index in [1.165, 1.54) is 0 Å². The fraction of sp³-hybridized carbons (Fsp3) is 0.207. The SMILES string of the molecule is Cc1ccc(C(=O)c2n[nH]c(C(=O)c3ccc(C)c(C)c3)c2-c2ccc(C)c(C)c2)cc1C. The summed E-state index contributed by atoms with van der Waals surface area (Å²) in [5.41, 5.74) is 9.60. The third-order valence-corrected chi connectivity index (χ3v) is 6.54. The monoisotopic (exact) mass is 436 g/mol. The van der Waals surface area contributed by atoms with Crippen LogP contribution in [0.3, 0.4) is 0 Å². The van der Waals surface area contributed by atoms with Crippen molar-refractivity contribution < 1.29 is 9.59 Å². The van der Waals surface area contributed by atoms with E-state index in [1.54, 1.807) is 0 Å². The molecule has 4 heteroatoms. The zero-order chi connectivity index (χ0) is 23.9. The number of carbonyl (C=O) groups is 2. The van der Waals surface area contributed by atoms with E-state index in [4.69, 9.17) is 0 Å². The number of aromatic amines is 1. The van der Waals surface area contributed by atoms with Crippen molar-refractivity contribution in [3.8, 4) is 11.1 Å². The number of aryl methyl sites for hydroxylation is 6. The minimum Gasteiger partial charge on any atom is -0.287 e. The number of ketones is 2. The van der Waals surface area contributed by atoms with Crippen LogP contribution in [0.5, 0.6) is 0 Å². The molecule has 4 rings (SSSR count). The van der Waals surface area contributed by atoms with Crippen molar-refractivity contribution in [1.82, 2.24) is 10.2 Å². The van der Waals surface area contributed by atoms with Gasteiger partial charge >= 0.3 is 0 Å². The summed E-state index contributed by atoms with van der Waals surface area (Å²) in [6.45, 7) is 12.1. The summed E-state index contributed by atoms with van der Waals surface area (Å²) in [5.74, 6) is -0.389. The van der Waals surface area contributed by atoms with Crippen molar-refractivity contribution in [2.75, 3.05) is 0 Å². The van der Waals surface area contributed by atoms with Gasteiger partial charge in [0.15, 0.2) is 0 Å². The zero-order valence-electron chi connectivity index (χ0n) is 20.0. The van der Waals surface area contributed by atoms with Gasteiger partial charge in [-0.3, -0.25) is 14.7 Å². The molecule has 0 radical (unpaired) electrons. The number of nitrogens with zero attached hydrogens (tertiary/aromatic N) is 1. The second-order valence-electron chi connectivity index (χ2n) is 8.88. The Bertz CT molecular complexity index is 1330. The number of benzene rings is 3. The van der Waals surface area contributed by atoms with Crippen LogP contribution in [0, 0.1) is 41.5 Å². The largest absolute Gasteiger partial charge is 0.287 e. The van der Waals surface area contributed by atoms with Crippen molar-refractivity contribution in [3.63, 3.8) is 0 Å². The molecule has 4 nitrogen and oxygen atoms in total. The highest BCUT2D eigenvalue weighted by atomic mass is 16.1. The van der Waals surface area contributed by atoms with Crippen LogP contribution < -0.4 is 0 Å². The Morgan fingerprint density at radius 1 is 0.606 bits per heavy atom. The molecule has 0 spiro atoms. The predicted molar refractivity (Wildman–Crippen MR) is 132 cm³/mol. The van der Waals surface area contributed by atoms with E-state index in [1.807, 2.05) is 96.1 Å². The van der Waals surface area contributed by atoms with Crippen LogP contribution >= 0.6 is 0 Å². The summed E-state index contributed by atoms with van der Waals surface area (Å²) >= 11 is 0. The second kappa shape index (κ2) is 8.62. The maximum absolute atomic E-state index is 13.5. The Morgan fingerprint density at radius 2 is 1.09 bits per heavy atom. The van der Waals surface area contributed by atoms with Crippen LogP contribution in [0.2, 0.25) is 0 Å². The Hall–Kier alpha value is -3.79. The summed E-state index contributed by atoms with van der Waals surface area (Å²) in [6, 6.07) is 17.2. The summed E-state index contributed by atoms with van der Waals surface area (Å²) in [6.07, 6.45) is 0. The van der Waals surface area contributed by atoms with Gasteiger partial charge in [-0.2, -0.15) is 5.10 Å². The highest BCUT2D eigenvalue weighted by Crippen LogP contribution is 2.31. The lowest BCUT2D eigenvalue weighted by atomic mass is 9.92. The first-order valence-corrected chi connectivity index (χ1v) is 11.1. The van der Waals surface area contributed by atoms with Crippen LogP contribution in [0.25, 0.3) is 11.1 Å². The number of rotatable bonds is 5. The van der Waals surface area contributed by atoms with Crippen LogP contribution in [-0.2, 0) is 0 Å². The average Bonchev–Trinajstić information content (AvgIpc) is 3.23. The molecule has 0 fully saturated rings. The van der Waals surface area contributed by atoms with Gasteiger partial charge in [0, 0.05) is 16.7 Å². The standard InChI is InChI=1S/C29H28N2O2/c1-16-7-10-22(13-19(16)4)25-26(28(32)23-11-8-17(2)20(5)14-23)30-31-27(25)29(33)24-12-9-18(3)21(6)15-24/h7-15H,1-6H3,(H,30,31). The maximum atomic E-state index is 13.5. The van der Waals surface area contributed by atoms with Gasteiger partial charge in [0.05, 0.1) is 0 Å². The molecule has 3 aromatic carbocycles. The molecular formula is C29H28N2O2. The number of carbonyl (C=O) groups excluding carboxylic acids is 2. The third-order valence-electron chi connectivity index (χ3n) is 6.54. The van der Waals surface area contributed by atoms with Gasteiger partial charge in [-0.1, -0.05) is 42.5 Å². The van der Waals surface area contributed by atoms with E-state index in [9.17, 15) is 9.59 Å². The first kappa shape index (κ1) is 22.4. The van der Waals surface area contributed by atoms with Gasteiger partial charge < -0.3 is 0 Å². The molecule has 0 aliphatic carbocycles. The van der Waals surface area contributed by atoms with Gasteiger partial charge in [-0.05, 0) is 92.6 Å². The Morgan fingerprint density at radius 3 is 1.61 bits per heavy atom.